The molecular weight excluding hydrogens is 358 g/mol. The molecule has 0 saturated heterocycles. The number of hydrogen-bond donors (Lipinski definition) is 0. The van der Waals surface area contributed by atoms with E-state index in [-0.39, 0.29) is 5.78 Å². The number of ketones is 1. The molecule has 0 fully saturated rings. The molecule has 0 aliphatic rings. The third-order valence-corrected chi connectivity index (χ3v) is 5.54. The van der Waals surface area contributed by atoms with Gasteiger partial charge in [0.15, 0.2) is 11.5 Å². The van der Waals surface area contributed by atoms with Crippen molar-refractivity contribution in [2.24, 2.45) is 0 Å². The van der Waals surface area contributed by atoms with Crippen LogP contribution in [0, 0.1) is 6.92 Å². The van der Waals surface area contributed by atoms with Crippen LogP contribution in [0.4, 0.5) is 0 Å². The number of rotatable bonds is 6. The van der Waals surface area contributed by atoms with Gasteiger partial charge in [0.05, 0.1) is 29.7 Å². The molecule has 0 aliphatic heterocycles. The van der Waals surface area contributed by atoms with Gasteiger partial charge in [0, 0.05) is 5.56 Å². The fourth-order valence-corrected chi connectivity index (χ4v) is 4.07. The Morgan fingerprint density at radius 1 is 1.20 bits per heavy atom. The monoisotopic (exact) mass is 375 g/mol. The molecule has 3 aromatic rings. The number of thioether (sulfide) groups is 1. The van der Waals surface area contributed by atoms with E-state index in [9.17, 15) is 4.79 Å². The summed E-state index contributed by atoms with van der Waals surface area (Å²) in [6, 6.07) is 5.63. The zero-order valence-corrected chi connectivity index (χ0v) is 16.0. The van der Waals surface area contributed by atoms with Crippen molar-refractivity contribution in [2.45, 2.75) is 18.9 Å². The summed E-state index contributed by atoms with van der Waals surface area (Å²) < 4.78 is 11.6. The second-order valence-corrected chi connectivity index (χ2v) is 7.49. The van der Waals surface area contributed by atoms with Gasteiger partial charge >= 0.3 is 0 Å². The van der Waals surface area contributed by atoms with Gasteiger partial charge in [-0.15, -0.1) is 21.5 Å². The highest BCUT2D eigenvalue weighted by Crippen LogP contribution is 2.38. The topological polar surface area (TPSA) is 74.2 Å². The number of carbonyl (C=O) groups excluding carboxylic acids is 1. The number of aromatic nitrogens is 3. The van der Waals surface area contributed by atoms with Gasteiger partial charge in [-0.3, -0.25) is 4.79 Å². The summed E-state index contributed by atoms with van der Waals surface area (Å²) in [5, 5.41) is 10.3. The van der Waals surface area contributed by atoms with Crippen molar-refractivity contribution in [2.75, 3.05) is 20.0 Å². The molecule has 25 heavy (non-hydrogen) atoms. The first kappa shape index (κ1) is 17.6. The van der Waals surface area contributed by atoms with Crippen molar-refractivity contribution >= 4 is 39.1 Å². The highest BCUT2D eigenvalue weighted by atomic mass is 32.2. The Hall–Kier alpha value is -2.19. The standard InChI is InChI=1S/C17H17N3O3S2/c1-9(21)8-24-17-15-16(25-10(2)18-15)14(19-20-17)11-5-6-12(22-3)13(7-11)23-4/h5-7H,8H2,1-4H3. The maximum Gasteiger partial charge on any atom is 0.161 e. The summed E-state index contributed by atoms with van der Waals surface area (Å²) in [7, 11) is 3.20. The second kappa shape index (κ2) is 7.37. The fraction of sp³-hybridized carbons (Fsp3) is 0.294. The second-order valence-electron chi connectivity index (χ2n) is 5.32. The van der Waals surface area contributed by atoms with Crippen molar-refractivity contribution in [1.29, 1.82) is 0 Å². The number of methoxy groups -OCH3 is 2. The average molecular weight is 375 g/mol. The highest BCUT2D eigenvalue weighted by molar-refractivity contribution is 8.00. The van der Waals surface area contributed by atoms with E-state index >= 15 is 0 Å². The number of Topliss-reactive ketones (excluding diaryl/α,β-unsaturated/α-hetero) is 1. The maximum absolute atomic E-state index is 11.3. The Kier molecular flexibility index (Phi) is 5.19. The highest BCUT2D eigenvalue weighted by Gasteiger charge is 2.17. The van der Waals surface area contributed by atoms with Gasteiger partial charge < -0.3 is 9.47 Å². The third kappa shape index (κ3) is 3.59. The molecular formula is C17H17N3O3S2. The van der Waals surface area contributed by atoms with Gasteiger partial charge in [0.2, 0.25) is 0 Å². The van der Waals surface area contributed by atoms with Crippen LogP contribution < -0.4 is 9.47 Å². The summed E-state index contributed by atoms with van der Waals surface area (Å²) >= 11 is 2.93. The number of hydrogen-bond acceptors (Lipinski definition) is 8. The molecule has 3 rings (SSSR count). The predicted octanol–water partition coefficient (Wildman–Crippen LogP) is 3.76. The van der Waals surface area contributed by atoms with E-state index in [4.69, 9.17) is 9.47 Å². The Bertz CT molecular complexity index is 940. The van der Waals surface area contributed by atoms with E-state index in [1.807, 2.05) is 25.1 Å². The Labute approximate surface area is 153 Å². The largest absolute Gasteiger partial charge is 0.493 e. The number of fused-ring (bicyclic) bond motifs is 1. The van der Waals surface area contributed by atoms with Crippen molar-refractivity contribution < 1.29 is 14.3 Å². The molecule has 6 nitrogen and oxygen atoms in total. The van der Waals surface area contributed by atoms with Crippen LogP contribution in [0.3, 0.4) is 0 Å². The predicted molar refractivity (Wildman–Crippen MR) is 99.9 cm³/mol. The zero-order chi connectivity index (χ0) is 18.0. The fourth-order valence-electron chi connectivity index (χ4n) is 2.36. The normalized spacial score (nSPS) is 10.9. The molecule has 0 radical (unpaired) electrons. The summed E-state index contributed by atoms with van der Waals surface area (Å²) in [5.74, 6) is 1.74. The van der Waals surface area contributed by atoms with Gasteiger partial charge in [-0.25, -0.2) is 4.98 Å². The van der Waals surface area contributed by atoms with E-state index < -0.39 is 0 Å². The summed E-state index contributed by atoms with van der Waals surface area (Å²) in [6.45, 7) is 3.50. The molecule has 1 aromatic carbocycles. The van der Waals surface area contributed by atoms with Crippen LogP contribution in [-0.4, -0.2) is 40.9 Å². The Morgan fingerprint density at radius 2 is 1.96 bits per heavy atom. The number of carbonyl (C=O) groups is 1. The molecule has 0 saturated carbocycles. The first-order valence-corrected chi connectivity index (χ1v) is 9.32. The molecule has 0 unspecified atom stereocenters. The SMILES string of the molecule is COc1ccc(-c2nnc(SCC(C)=O)c3nc(C)sc23)cc1OC. The number of aryl methyl sites for hydroxylation is 1. The quantitative estimate of drug-likeness (QED) is 0.607. The van der Waals surface area contributed by atoms with Crippen molar-refractivity contribution in [1.82, 2.24) is 15.2 Å². The van der Waals surface area contributed by atoms with E-state index in [0.717, 1.165) is 26.5 Å². The lowest BCUT2D eigenvalue weighted by Gasteiger charge is -2.10. The van der Waals surface area contributed by atoms with Crippen molar-refractivity contribution in [3.8, 4) is 22.8 Å². The summed E-state index contributed by atoms with van der Waals surface area (Å²) in [6.07, 6.45) is 0. The van der Waals surface area contributed by atoms with Gasteiger partial charge in [0.25, 0.3) is 0 Å². The first-order valence-electron chi connectivity index (χ1n) is 7.52. The molecule has 130 valence electrons. The van der Waals surface area contributed by atoms with Gasteiger partial charge in [-0.2, -0.15) is 0 Å². The van der Waals surface area contributed by atoms with E-state index in [0.29, 0.717) is 22.3 Å². The van der Waals surface area contributed by atoms with Crippen LogP contribution in [0.2, 0.25) is 0 Å². The van der Waals surface area contributed by atoms with Crippen LogP contribution in [0.15, 0.2) is 23.2 Å². The van der Waals surface area contributed by atoms with Crippen LogP contribution in [0.1, 0.15) is 11.9 Å². The lowest BCUT2D eigenvalue weighted by atomic mass is 10.1. The smallest absolute Gasteiger partial charge is 0.161 e. The van der Waals surface area contributed by atoms with E-state index in [1.54, 1.807) is 32.5 Å². The lowest BCUT2D eigenvalue weighted by molar-refractivity contribution is -0.114. The molecule has 0 atom stereocenters. The molecule has 2 aromatic heterocycles. The van der Waals surface area contributed by atoms with Crippen LogP contribution in [0.5, 0.6) is 11.5 Å². The lowest BCUT2D eigenvalue weighted by Crippen LogP contribution is -1.97. The van der Waals surface area contributed by atoms with Crippen LogP contribution >= 0.6 is 23.1 Å². The Balaban J connectivity index is 2.11. The first-order chi connectivity index (χ1) is 12.0. The molecule has 0 amide bonds. The molecule has 0 aliphatic carbocycles. The molecule has 0 spiro atoms. The Morgan fingerprint density at radius 3 is 2.64 bits per heavy atom. The van der Waals surface area contributed by atoms with Gasteiger partial charge in [0.1, 0.15) is 22.0 Å². The third-order valence-electron chi connectivity index (χ3n) is 3.46. The number of benzene rings is 1. The minimum atomic E-state index is 0.0934. The molecule has 8 heteroatoms. The summed E-state index contributed by atoms with van der Waals surface area (Å²) in [4.78, 5) is 15.8. The van der Waals surface area contributed by atoms with E-state index in [2.05, 4.69) is 15.2 Å². The molecule has 0 N–H and O–H groups in total. The zero-order valence-electron chi connectivity index (χ0n) is 14.3. The van der Waals surface area contributed by atoms with Crippen LogP contribution in [-0.2, 0) is 4.79 Å². The molecule has 0 bridgehead atoms. The number of thiazole rings is 1. The average Bonchev–Trinajstić information content (AvgIpc) is 3.00. The minimum absolute atomic E-state index is 0.0934. The number of nitrogens with zero attached hydrogens (tertiary/aromatic N) is 3. The summed E-state index contributed by atoms with van der Waals surface area (Å²) in [5.41, 5.74) is 2.41. The molecule has 2 heterocycles. The maximum atomic E-state index is 11.3. The van der Waals surface area contributed by atoms with Crippen molar-refractivity contribution in [3.05, 3.63) is 23.2 Å². The van der Waals surface area contributed by atoms with Gasteiger partial charge in [-0.05, 0) is 32.0 Å². The van der Waals surface area contributed by atoms with Gasteiger partial charge in [-0.1, -0.05) is 11.8 Å². The van der Waals surface area contributed by atoms with E-state index in [1.165, 1.54) is 11.8 Å². The van der Waals surface area contributed by atoms with Crippen molar-refractivity contribution in [3.63, 3.8) is 0 Å². The van der Waals surface area contributed by atoms with Crippen LogP contribution in [0.25, 0.3) is 21.5 Å². The number of ether oxygens (including phenoxy) is 2. The minimum Gasteiger partial charge on any atom is -0.493 e.